The second-order valence-electron chi connectivity index (χ2n) is 7.41. The minimum absolute atomic E-state index is 0.163. The molecule has 0 bridgehead atoms. The fraction of sp³-hybridized carbons (Fsp3) is 0.280. The molecule has 0 aliphatic rings. The molecule has 0 aromatic heterocycles. The third-order valence-electron chi connectivity index (χ3n) is 5.08. The van der Waals surface area contributed by atoms with Gasteiger partial charge in [-0.05, 0) is 41.3 Å². The summed E-state index contributed by atoms with van der Waals surface area (Å²) in [7, 11) is 0. The van der Waals surface area contributed by atoms with E-state index in [2.05, 4.69) is 10.6 Å². The molecule has 3 aromatic carbocycles. The maximum absolute atomic E-state index is 13.4. The number of nitrogens with one attached hydrogen (secondary N) is 2. The first-order valence-electron chi connectivity index (χ1n) is 10.5. The van der Waals surface area contributed by atoms with Crippen molar-refractivity contribution in [2.45, 2.75) is 32.9 Å². The number of hydrogen-bond acceptors (Lipinski definition) is 4. The fourth-order valence-electron chi connectivity index (χ4n) is 3.60. The van der Waals surface area contributed by atoms with Crippen LogP contribution in [0.4, 0.5) is 5.69 Å². The van der Waals surface area contributed by atoms with Crippen LogP contribution >= 0.6 is 0 Å². The summed E-state index contributed by atoms with van der Waals surface area (Å²) in [5.74, 6) is -0.633. The van der Waals surface area contributed by atoms with Crippen LogP contribution in [0.3, 0.4) is 0 Å². The molecule has 3 aromatic rings. The molecule has 6 heteroatoms. The third kappa shape index (κ3) is 5.48. The summed E-state index contributed by atoms with van der Waals surface area (Å²) in [6.07, 6.45) is 0.878. The number of ether oxygens (including phenoxy) is 1. The van der Waals surface area contributed by atoms with E-state index in [0.29, 0.717) is 23.4 Å². The molecule has 0 unspecified atom stereocenters. The minimum Gasteiger partial charge on any atom is -0.377 e. The first kappa shape index (κ1) is 22.5. The average Bonchev–Trinajstić information content (AvgIpc) is 2.78. The molecule has 0 radical (unpaired) electrons. The van der Waals surface area contributed by atoms with Gasteiger partial charge in [0.1, 0.15) is 0 Å². The van der Waals surface area contributed by atoms with E-state index in [4.69, 9.17) is 10.5 Å². The van der Waals surface area contributed by atoms with E-state index in [1.165, 1.54) is 0 Å². The van der Waals surface area contributed by atoms with Gasteiger partial charge in [-0.1, -0.05) is 61.5 Å². The number of carbonyl (C=O) groups is 2. The van der Waals surface area contributed by atoms with Gasteiger partial charge in [-0.15, -0.1) is 0 Å². The quantitative estimate of drug-likeness (QED) is 0.454. The molecule has 162 valence electrons. The molecule has 1 atom stereocenters. The average molecular weight is 420 g/mol. The van der Waals surface area contributed by atoms with Gasteiger partial charge in [0, 0.05) is 6.61 Å². The number of benzene rings is 3. The van der Waals surface area contributed by atoms with E-state index in [0.717, 1.165) is 22.8 Å². The van der Waals surface area contributed by atoms with Crippen molar-refractivity contribution in [1.82, 2.24) is 5.32 Å². The van der Waals surface area contributed by atoms with Crippen LogP contribution in [0.5, 0.6) is 0 Å². The lowest BCUT2D eigenvalue weighted by Gasteiger charge is -2.20. The zero-order valence-corrected chi connectivity index (χ0v) is 18.0. The number of amides is 2. The molecule has 31 heavy (non-hydrogen) atoms. The molecular formula is C25H29N3O3. The lowest BCUT2D eigenvalue weighted by Crippen LogP contribution is -2.30. The first-order valence-corrected chi connectivity index (χ1v) is 10.5. The molecule has 3 rings (SSSR count). The van der Waals surface area contributed by atoms with Gasteiger partial charge < -0.3 is 21.1 Å². The number of nitrogens with two attached hydrogens (primary N) is 1. The Hall–Kier alpha value is -3.22. The Balaban J connectivity index is 1.91. The Morgan fingerprint density at radius 1 is 1.03 bits per heavy atom. The number of anilines is 1. The van der Waals surface area contributed by atoms with E-state index in [-0.39, 0.29) is 31.0 Å². The van der Waals surface area contributed by atoms with Gasteiger partial charge in [-0.25, -0.2) is 0 Å². The van der Waals surface area contributed by atoms with Crippen LogP contribution < -0.4 is 16.4 Å². The molecule has 0 saturated carbocycles. The monoisotopic (exact) mass is 419 g/mol. The summed E-state index contributed by atoms with van der Waals surface area (Å²) in [5.41, 5.74) is 8.02. The highest BCUT2D eigenvalue weighted by atomic mass is 16.5. The van der Waals surface area contributed by atoms with Crippen LogP contribution in [-0.4, -0.2) is 25.0 Å². The van der Waals surface area contributed by atoms with Crippen LogP contribution in [0, 0.1) is 0 Å². The lowest BCUT2D eigenvalue weighted by molar-refractivity contribution is -0.114. The molecule has 0 heterocycles. The Kier molecular flexibility index (Phi) is 7.76. The molecule has 0 fully saturated rings. The van der Waals surface area contributed by atoms with Crippen molar-refractivity contribution in [3.8, 4) is 0 Å². The number of hydrogen-bond donors (Lipinski definition) is 3. The lowest BCUT2D eigenvalue weighted by atomic mass is 9.98. The van der Waals surface area contributed by atoms with Gasteiger partial charge in [-0.2, -0.15) is 0 Å². The van der Waals surface area contributed by atoms with Crippen molar-refractivity contribution in [3.63, 3.8) is 0 Å². The zero-order chi connectivity index (χ0) is 22.2. The molecule has 0 spiro atoms. The Morgan fingerprint density at radius 2 is 1.77 bits per heavy atom. The van der Waals surface area contributed by atoms with Gasteiger partial charge >= 0.3 is 0 Å². The number of carbonyl (C=O) groups excluding carboxylic acids is 2. The van der Waals surface area contributed by atoms with Gasteiger partial charge in [0.2, 0.25) is 5.91 Å². The summed E-state index contributed by atoms with van der Waals surface area (Å²) < 4.78 is 5.68. The van der Waals surface area contributed by atoms with Gasteiger partial charge in [0.05, 0.1) is 30.4 Å². The van der Waals surface area contributed by atoms with E-state index >= 15 is 0 Å². The van der Waals surface area contributed by atoms with E-state index < -0.39 is 0 Å². The smallest absolute Gasteiger partial charge is 0.254 e. The summed E-state index contributed by atoms with van der Waals surface area (Å²) >= 11 is 0. The normalized spacial score (nSPS) is 11.8. The maximum Gasteiger partial charge on any atom is 0.254 e. The van der Waals surface area contributed by atoms with Crippen molar-refractivity contribution in [3.05, 3.63) is 77.4 Å². The molecule has 0 saturated heterocycles. The van der Waals surface area contributed by atoms with Crippen molar-refractivity contribution >= 4 is 28.3 Å². The molecular weight excluding hydrogens is 390 g/mol. The maximum atomic E-state index is 13.4. The SMILES string of the molecule is CCCOCc1cccc(NC(=O)CN)c1C(=O)N[C@H](C)c1cccc2ccccc12. The first-order chi connectivity index (χ1) is 15.0. The highest BCUT2D eigenvalue weighted by molar-refractivity contribution is 6.05. The molecule has 2 amide bonds. The van der Waals surface area contributed by atoms with Crippen molar-refractivity contribution < 1.29 is 14.3 Å². The Bertz CT molecular complexity index is 1060. The molecule has 4 N–H and O–H groups in total. The highest BCUT2D eigenvalue weighted by Gasteiger charge is 2.20. The fourth-order valence-corrected chi connectivity index (χ4v) is 3.60. The van der Waals surface area contributed by atoms with Crippen molar-refractivity contribution in [2.24, 2.45) is 5.73 Å². The van der Waals surface area contributed by atoms with Crippen LogP contribution in [0.25, 0.3) is 10.8 Å². The highest BCUT2D eigenvalue weighted by Crippen LogP contribution is 2.26. The third-order valence-corrected chi connectivity index (χ3v) is 5.08. The van der Waals surface area contributed by atoms with Gasteiger partial charge in [0.25, 0.3) is 5.91 Å². The summed E-state index contributed by atoms with van der Waals surface area (Å²) in [4.78, 5) is 25.3. The number of fused-ring (bicyclic) bond motifs is 1. The molecule has 6 nitrogen and oxygen atoms in total. The minimum atomic E-state index is -0.359. The van der Waals surface area contributed by atoms with Gasteiger partial charge in [0.15, 0.2) is 0 Å². The predicted molar refractivity (Wildman–Crippen MR) is 124 cm³/mol. The second-order valence-corrected chi connectivity index (χ2v) is 7.41. The molecule has 0 aliphatic carbocycles. The zero-order valence-electron chi connectivity index (χ0n) is 18.0. The van der Waals surface area contributed by atoms with Crippen LogP contribution in [0.2, 0.25) is 0 Å². The van der Waals surface area contributed by atoms with Crippen molar-refractivity contribution in [1.29, 1.82) is 0 Å². The predicted octanol–water partition coefficient (Wildman–Crippen LogP) is 4.15. The molecule has 0 aliphatic heterocycles. The Morgan fingerprint density at radius 3 is 2.55 bits per heavy atom. The standard InChI is InChI=1S/C25H29N3O3/c1-3-14-31-16-19-10-7-13-22(28-23(29)15-26)24(19)25(30)27-17(2)20-12-6-9-18-8-4-5-11-21(18)20/h4-13,17H,3,14-16,26H2,1-2H3,(H,27,30)(H,28,29)/t17-/m1/s1. The topological polar surface area (TPSA) is 93.4 Å². The second kappa shape index (κ2) is 10.7. The van der Waals surface area contributed by atoms with E-state index in [1.54, 1.807) is 12.1 Å². The van der Waals surface area contributed by atoms with E-state index in [9.17, 15) is 9.59 Å². The van der Waals surface area contributed by atoms with Crippen molar-refractivity contribution in [2.75, 3.05) is 18.5 Å². The van der Waals surface area contributed by atoms with Gasteiger partial charge in [-0.3, -0.25) is 9.59 Å². The van der Waals surface area contributed by atoms with E-state index in [1.807, 2.05) is 62.4 Å². The Labute approximate surface area is 182 Å². The summed E-state index contributed by atoms with van der Waals surface area (Å²) in [6.45, 7) is 4.69. The van der Waals surface area contributed by atoms with Crippen LogP contribution in [0.1, 0.15) is 47.8 Å². The van der Waals surface area contributed by atoms with Crippen LogP contribution in [-0.2, 0) is 16.1 Å². The number of rotatable bonds is 9. The largest absolute Gasteiger partial charge is 0.377 e. The summed E-state index contributed by atoms with van der Waals surface area (Å²) in [5, 5.41) is 8.03. The summed E-state index contributed by atoms with van der Waals surface area (Å²) in [6, 6.07) is 19.2. The van der Waals surface area contributed by atoms with Crippen LogP contribution in [0.15, 0.2) is 60.7 Å².